The van der Waals surface area contributed by atoms with Crippen molar-refractivity contribution in [1.29, 1.82) is 0 Å². The molecule has 4 heteroatoms. The lowest BCUT2D eigenvalue weighted by Gasteiger charge is -2.05. The summed E-state index contributed by atoms with van der Waals surface area (Å²) in [7, 11) is 0. The van der Waals surface area contributed by atoms with Crippen LogP contribution < -0.4 is 5.73 Å². The fourth-order valence-corrected chi connectivity index (χ4v) is 3.33. The number of benzene rings is 2. The second kappa shape index (κ2) is 6.05. The molecule has 1 nitrogen and oxygen atoms in total. The standard InChI is InChI=1S/C13H11Br2NS/c14-10-1-3-12(4-2-10)17-13-6-9(8-16)5-11(15)7-13/h1-7H,8,16H2. The Morgan fingerprint density at radius 2 is 1.59 bits per heavy atom. The van der Waals surface area contributed by atoms with Crippen molar-refractivity contribution < 1.29 is 0 Å². The van der Waals surface area contributed by atoms with Crippen LogP contribution in [-0.2, 0) is 6.54 Å². The third kappa shape index (κ3) is 3.85. The summed E-state index contributed by atoms with van der Waals surface area (Å²) in [6, 6.07) is 14.6. The first kappa shape index (κ1) is 13.1. The van der Waals surface area contributed by atoms with Crippen LogP contribution in [0.1, 0.15) is 5.56 Å². The van der Waals surface area contributed by atoms with Gasteiger partial charge in [0.05, 0.1) is 0 Å². The Hall–Kier alpha value is -0.290. The fourth-order valence-electron chi connectivity index (χ4n) is 1.44. The molecule has 0 aliphatic heterocycles. The molecule has 2 aromatic rings. The molecule has 0 radical (unpaired) electrons. The van der Waals surface area contributed by atoms with Crippen molar-refractivity contribution in [3.05, 3.63) is 57.0 Å². The van der Waals surface area contributed by atoms with Crippen molar-refractivity contribution >= 4 is 43.6 Å². The monoisotopic (exact) mass is 371 g/mol. The minimum atomic E-state index is 0.563. The summed E-state index contributed by atoms with van der Waals surface area (Å²) in [4.78, 5) is 2.41. The largest absolute Gasteiger partial charge is 0.326 e. The number of hydrogen-bond acceptors (Lipinski definition) is 2. The first-order valence-corrected chi connectivity index (χ1v) is 7.50. The molecule has 2 aromatic carbocycles. The van der Waals surface area contributed by atoms with Crippen LogP contribution >= 0.6 is 43.6 Å². The van der Waals surface area contributed by atoms with Gasteiger partial charge in [-0.25, -0.2) is 0 Å². The predicted molar refractivity (Wildman–Crippen MR) is 80.3 cm³/mol. The fraction of sp³-hybridized carbons (Fsp3) is 0.0769. The van der Waals surface area contributed by atoms with Crippen molar-refractivity contribution in [3.63, 3.8) is 0 Å². The molecule has 88 valence electrons. The van der Waals surface area contributed by atoms with Crippen LogP contribution in [0, 0.1) is 0 Å². The topological polar surface area (TPSA) is 26.0 Å². The Balaban J connectivity index is 2.23. The lowest BCUT2D eigenvalue weighted by molar-refractivity contribution is 1.06. The molecule has 0 heterocycles. The lowest BCUT2D eigenvalue weighted by atomic mass is 10.2. The average Bonchev–Trinajstić information content (AvgIpc) is 2.31. The van der Waals surface area contributed by atoms with E-state index in [1.54, 1.807) is 11.8 Å². The van der Waals surface area contributed by atoms with Crippen molar-refractivity contribution in [3.8, 4) is 0 Å². The van der Waals surface area contributed by atoms with Crippen LogP contribution in [0.2, 0.25) is 0 Å². The average molecular weight is 373 g/mol. The van der Waals surface area contributed by atoms with Gasteiger partial charge in [-0.2, -0.15) is 0 Å². The number of halogens is 2. The van der Waals surface area contributed by atoms with Gasteiger partial charge < -0.3 is 5.73 Å². The maximum atomic E-state index is 5.66. The van der Waals surface area contributed by atoms with Gasteiger partial charge in [0.25, 0.3) is 0 Å². The molecule has 0 saturated heterocycles. The number of hydrogen-bond donors (Lipinski definition) is 1. The van der Waals surface area contributed by atoms with E-state index in [1.165, 1.54) is 9.79 Å². The molecule has 0 aliphatic rings. The minimum Gasteiger partial charge on any atom is -0.326 e. The quantitative estimate of drug-likeness (QED) is 0.835. The van der Waals surface area contributed by atoms with Crippen molar-refractivity contribution in [2.75, 3.05) is 0 Å². The van der Waals surface area contributed by atoms with Gasteiger partial charge in [0.2, 0.25) is 0 Å². The molecule has 2 N–H and O–H groups in total. The Bertz CT molecular complexity index is 511. The molecule has 0 aromatic heterocycles. The van der Waals surface area contributed by atoms with Crippen LogP contribution in [0.25, 0.3) is 0 Å². The maximum Gasteiger partial charge on any atom is 0.0189 e. The SMILES string of the molecule is NCc1cc(Br)cc(Sc2ccc(Br)cc2)c1. The van der Waals surface area contributed by atoms with E-state index in [4.69, 9.17) is 5.73 Å². The second-order valence-electron chi connectivity index (χ2n) is 3.56. The van der Waals surface area contributed by atoms with E-state index in [9.17, 15) is 0 Å². The van der Waals surface area contributed by atoms with Crippen molar-refractivity contribution in [2.45, 2.75) is 16.3 Å². The summed E-state index contributed by atoms with van der Waals surface area (Å²) < 4.78 is 2.17. The van der Waals surface area contributed by atoms with Crippen molar-refractivity contribution in [1.82, 2.24) is 0 Å². The van der Waals surface area contributed by atoms with E-state index in [1.807, 2.05) is 18.2 Å². The smallest absolute Gasteiger partial charge is 0.0189 e. The molecular weight excluding hydrogens is 362 g/mol. The third-order valence-corrected chi connectivity index (χ3v) is 4.18. The van der Waals surface area contributed by atoms with Gasteiger partial charge in [0.15, 0.2) is 0 Å². The molecule has 17 heavy (non-hydrogen) atoms. The molecule has 0 fully saturated rings. The van der Waals surface area contributed by atoms with E-state index in [0.29, 0.717) is 6.54 Å². The first-order valence-electron chi connectivity index (χ1n) is 5.10. The van der Waals surface area contributed by atoms with Gasteiger partial charge in [0.1, 0.15) is 0 Å². The summed E-state index contributed by atoms with van der Waals surface area (Å²) in [5.41, 5.74) is 6.80. The molecule has 0 aliphatic carbocycles. The summed E-state index contributed by atoms with van der Waals surface area (Å²) in [6.45, 7) is 0.563. The van der Waals surface area contributed by atoms with Crippen LogP contribution in [0.4, 0.5) is 0 Å². The molecule has 0 unspecified atom stereocenters. The van der Waals surface area contributed by atoms with E-state index in [-0.39, 0.29) is 0 Å². The van der Waals surface area contributed by atoms with Gasteiger partial charge in [-0.1, -0.05) is 43.6 Å². The number of rotatable bonds is 3. The maximum absolute atomic E-state index is 5.66. The highest BCUT2D eigenvalue weighted by Gasteiger charge is 2.01. The summed E-state index contributed by atoms with van der Waals surface area (Å²) in [5.74, 6) is 0. The summed E-state index contributed by atoms with van der Waals surface area (Å²) >= 11 is 8.67. The van der Waals surface area contributed by atoms with Gasteiger partial charge in [-0.3, -0.25) is 0 Å². The normalized spacial score (nSPS) is 10.5. The zero-order valence-corrected chi connectivity index (χ0v) is 13.0. The predicted octanol–water partition coefficient (Wildman–Crippen LogP) is 4.82. The van der Waals surface area contributed by atoms with Crippen LogP contribution in [0.5, 0.6) is 0 Å². The molecule has 2 rings (SSSR count). The van der Waals surface area contributed by atoms with Gasteiger partial charge >= 0.3 is 0 Å². The Kier molecular flexibility index (Phi) is 4.68. The highest BCUT2D eigenvalue weighted by molar-refractivity contribution is 9.10. The Morgan fingerprint density at radius 1 is 0.882 bits per heavy atom. The first-order chi connectivity index (χ1) is 8.17. The molecule has 0 saturated carbocycles. The number of nitrogens with two attached hydrogens (primary N) is 1. The van der Waals surface area contributed by atoms with Gasteiger partial charge in [0, 0.05) is 25.3 Å². The third-order valence-electron chi connectivity index (χ3n) is 2.22. The molecule has 0 amide bonds. The Labute approximate surface area is 122 Å². The summed E-state index contributed by atoms with van der Waals surface area (Å²) in [6.07, 6.45) is 0. The minimum absolute atomic E-state index is 0.563. The van der Waals surface area contributed by atoms with Crippen molar-refractivity contribution in [2.24, 2.45) is 5.73 Å². The highest BCUT2D eigenvalue weighted by atomic mass is 79.9. The van der Waals surface area contributed by atoms with E-state index >= 15 is 0 Å². The van der Waals surface area contributed by atoms with Crippen LogP contribution in [-0.4, -0.2) is 0 Å². The van der Waals surface area contributed by atoms with Crippen LogP contribution in [0.15, 0.2) is 61.2 Å². The molecule has 0 atom stereocenters. The molecular formula is C13H11Br2NS. The lowest BCUT2D eigenvalue weighted by Crippen LogP contribution is -1.95. The van der Waals surface area contributed by atoms with E-state index in [0.717, 1.165) is 14.5 Å². The molecule has 0 bridgehead atoms. The van der Waals surface area contributed by atoms with E-state index in [2.05, 4.69) is 56.1 Å². The highest BCUT2D eigenvalue weighted by Crippen LogP contribution is 2.31. The second-order valence-corrected chi connectivity index (χ2v) is 6.53. The van der Waals surface area contributed by atoms with Gasteiger partial charge in [-0.15, -0.1) is 0 Å². The van der Waals surface area contributed by atoms with E-state index < -0.39 is 0 Å². The zero-order chi connectivity index (χ0) is 12.3. The van der Waals surface area contributed by atoms with Crippen LogP contribution in [0.3, 0.4) is 0 Å². The molecule has 0 spiro atoms. The van der Waals surface area contributed by atoms with Gasteiger partial charge in [-0.05, 0) is 48.0 Å². The zero-order valence-electron chi connectivity index (χ0n) is 8.99. The summed E-state index contributed by atoms with van der Waals surface area (Å²) in [5, 5.41) is 0. The Morgan fingerprint density at radius 3 is 2.24 bits per heavy atom.